The Balaban J connectivity index is 3.02. The fourth-order valence-corrected chi connectivity index (χ4v) is 0. The van der Waals surface area contributed by atoms with Gasteiger partial charge in [0.1, 0.15) is 22.5 Å². The SMILES string of the molecule is Cl[P+](Cl)(I)I. The zero-order valence-electron chi connectivity index (χ0n) is 1.96. The van der Waals surface area contributed by atoms with Crippen molar-refractivity contribution < 1.29 is 0 Å². The highest BCUT2D eigenvalue weighted by atomic mass is 127. The molecular formula is Cl2I2P+. The van der Waals surface area contributed by atoms with E-state index in [1.165, 1.54) is 0 Å². The first-order valence-electron chi connectivity index (χ1n) is 0.676. The minimum atomic E-state index is -1.50. The quantitative estimate of drug-likeness (QED) is 0.455. The molecule has 0 aromatic heterocycles. The van der Waals surface area contributed by atoms with E-state index in [9.17, 15) is 0 Å². The van der Waals surface area contributed by atoms with E-state index in [4.69, 9.17) is 22.5 Å². The van der Waals surface area contributed by atoms with Crippen molar-refractivity contribution in [2.75, 3.05) is 0 Å². The third-order valence-corrected chi connectivity index (χ3v) is 0. The molecular weight excluding hydrogens is 356 g/mol. The summed E-state index contributed by atoms with van der Waals surface area (Å²) in [5.41, 5.74) is 0. The van der Waals surface area contributed by atoms with Gasteiger partial charge in [0.15, 0.2) is 0 Å². The van der Waals surface area contributed by atoms with Crippen LogP contribution in [0.2, 0.25) is 0 Å². The van der Waals surface area contributed by atoms with Crippen molar-refractivity contribution >= 4 is 67.8 Å². The van der Waals surface area contributed by atoms with Crippen molar-refractivity contribution in [2.24, 2.45) is 0 Å². The van der Waals surface area contributed by atoms with Crippen LogP contribution >= 0.6 is 67.8 Å². The summed E-state index contributed by atoms with van der Waals surface area (Å²) >= 11 is 14.8. The average molecular weight is 356 g/mol. The highest BCUT2D eigenvalue weighted by Crippen LogP contribution is 2.83. The molecule has 0 radical (unpaired) electrons. The minimum absolute atomic E-state index is 1.50. The minimum Gasteiger partial charge on any atom is 0.128 e. The lowest BCUT2D eigenvalue weighted by Gasteiger charge is -1.75. The number of halogens is 4. The molecule has 0 atom stereocenters. The summed E-state index contributed by atoms with van der Waals surface area (Å²) in [6.45, 7) is 0. The van der Waals surface area contributed by atoms with Crippen LogP contribution in [0.1, 0.15) is 0 Å². The maximum Gasteiger partial charge on any atom is 0.328 e. The van der Waals surface area contributed by atoms with Gasteiger partial charge in [-0.2, -0.15) is 0 Å². The second kappa shape index (κ2) is 2.70. The molecule has 0 aliphatic carbocycles. The van der Waals surface area contributed by atoms with Gasteiger partial charge in [0.05, 0.1) is 0 Å². The Morgan fingerprint density at radius 1 is 1.20 bits per heavy atom. The van der Waals surface area contributed by atoms with E-state index >= 15 is 0 Å². The standard InChI is InChI=1S/Cl2I2P/c1-5(2,3)4/q+1. The Labute approximate surface area is 66.9 Å². The molecule has 0 heterocycles. The molecule has 0 nitrogen and oxygen atoms in total. The van der Waals surface area contributed by atoms with Crippen LogP contribution in [-0.4, -0.2) is 0 Å². The maximum atomic E-state index is 5.38. The Morgan fingerprint density at radius 3 is 1.20 bits per heavy atom. The zero-order valence-corrected chi connectivity index (χ0v) is 8.68. The highest BCUT2D eigenvalue weighted by Gasteiger charge is 2.25. The van der Waals surface area contributed by atoms with Gasteiger partial charge in [-0.3, -0.25) is 0 Å². The van der Waals surface area contributed by atoms with Gasteiger partial charge < -0.3 is 0 Å². The first kappa shape index (κ1) is 7.47. The Morgan fingerprint density at radius 2 is 1.20 bits per heavy atom. The van der Waals surface area contributed by atoms with Crippen molar-refractivity contribution in [3.63, 3.8) is 0 Å². The van der Waals surface area contributed by atoms with E-state index in [1.54, 1.807) is 0 Å². The predicted molar refractivity (Wildman–Crippen MR) is 46.7 cm³/mol. The summed E-state index contributed by atoms with van der Waals surface area (Å²) in [6.07, 6.45) is 0. The van der Waals surface area contributed by atoms with Crippen LogP contribution in [0.15, 0.2) is 0 Å². The normalized spacial score (nSPS) is 12.0. The van der Waals surface area contributed by atoms with Gasteiger partial charge in [-0.05, 0) is 0 Å². The van der Waals surface area contributed by atoms with E-state index in [0.717, 1.165) is 0 Å². The first-order valence-corrected chi connectivity index (χ1v) is 9.85. The van der Waals surface area contributed by atoms with Crippen molar-refractivity contribution in [3.8, 4) is 0 Å². The Bertz CT molecular complexity index is 23.1. The van der Waals surface area contributed by atoms with Crippen LogP contribution in [0.5, 0.6) is 0 Å². The molecule has 0 aromatic rings. The zero-order chi connectivity index (χ0) is 4.50. The van der Waals surface area contributed by atoms with Gasteiger partial charge in [0.25, 0.3) is 0 Å². The molecule has 5 heavy (non-hydrogen) atoms. The molecule has 32 valence electrons. The van der Waals surface area contributed by atoms with Crippen molar-refractivity contribution in [1.29, 1.82) is 0 Å². The Hall–Kier alpha value is 2.47. The molecule has 0 unspecified atom stereocenters. The third-order valence-electron chi connectivity index (χ3n) is 0. The molecule has 0 saturated heterocycles. The lowest BCUT2D eigenvalue weighted by molar-refractivity contribution is 4.80. The molecule has 0 aliphatic heterocycles. The highest BCUT2D eigenvalue weighted by molar-refractivity contribution is 14.3. The molecule has 0 saturated carbocycles. The fraction of sp³-hybridized carbons (Fsp3) is 0. The van der Waals surface area contributed by atoms with E-state index in [0.29, 0.717) is 0 Å². The largest absolute Gasteiger partial charge is 0.328 e. The molecule has 0 rings (SSSR count). The summed E-state index contributed by atoms with van der Waals surface area (Å²) in [6, 6.07) is 0. The molecule has 0 N–H and O–H groups in total. The molecule has 0 fully saturated rings. The predicted octanol–water partition coefficient (Wildman–Crippen LogP) is 4.01. The second-order valence-electron chi connectivity index (χ2n) is 0.383. The smallest absolute Gasteiger partial charge is 0.128 e. The van der Waals surface area contributed by atoms with Crippen molar-refractivity contribution in [1.82, 2.24) is 0 Å². The molecule has 0 amide bonds. The van der Waals surface area contributed by atoms with Crippen LogP contribution < -0.4 is 0 Å². The average Bonchev–Trinajstić information content (AvgIpc) is 0.722. The lowest BCUT2D eigenvalue weighted by Crippen LogP contribution is -1.18. The topological polar surface area (TPSA) is 0 Å². The van der Waals surface area contributed by atoms with E-state index < -0.39 is 1.25 Å². The molecule has 0 aliphatic rings. The van der Waals surface area contributed by atoms with Crippen molar-refractivity contribution in [3.05, 3.63) is 0 Å². The summed E-state index contributed by atoms with van der Waals surface area (Å²) in [5.74, 6) is 0. The van der Waals surface area contributed by atoms with Gasteiger partial charge in [-0.25, -0.2) is 0 Å². The van der Waals surface area contributed by atoms with Crippen LogP contribution in [0, 0.1) is 0 Å². The number of hydrogen-bond acceptors (Lipinski definition) is 0. The van der Waals surface area contributed by atoms with E-state index in [1.807, 2.05) is 44.1 Å². The fourth-order valence-electron chi connectivity index (χ4n) is 0. The second-order valence-corrected chi connectivity index (χ2v) is 25.8. The van der Waals surface area contributed by atoms with Crippen molar-refractivity contribution in [2.45, 2.75) is 0 Å². The Kier molecular flexibility index (Phi) is 4.03. The van der Waals surface area contributed by atoms with E-state index in [-0.39, 0.29) is 0 Å². The maximum absolute atomic E-state index is 5.38. The summed E-state index contributed by atoms with van der Waals surface area (Å²) in [7, 11) is 0. The number of rotatable bonds is 0. The first-order chi connectivity index (χ1) is 2.00. The van der Waals surface area contributed by atoms with E-state index in [2.05, 4.69) is 0 Å². The van der Waals surface area contributed by atoms with Gasteiger partial charge in [-0.1, -0.05) is 0 Å². The summed E-state index contributed by atoms with van der Waals surface area (Å²) in [4.78, 5) is 0. The van der Waals surface area contributed by atoms with Gasteiger partial charge >= 0.3 is 1.25 Å². The summed E-state index contributed by atoms with van der Waals surface area (Å²) in [5, 5.41) is 0. The molecule has 0 spiro atoms. The van der Waals surface area contributed by atoms with Crippen LogP contribution in [0.25, 0.3) is 0 Å². The van der Waals surface area contributed by atoms with Gasteiger partial charge in [0.2, 0.25) is 44.1 Å². The molecule has 5 heteroatoms. The number of hydrogen-bond donors (Lipinski definition) is 0. The van der Waals surface area contributed by atoms with Crippen LogP contribution in [0.3, 0.4) is 0 Å². The van der Waals surface area contributed by atoms with Crippen LogP contribution in [-0.2, 0) is 0 Å². The van der Waals surface area contributed by atoms with Crippen LogP contribution in [0.4, 0.5) is 0 Å². The third kappa shape index (κ3) is 21.2. The molecule has 0 bridgehead atoms. The molecule has 0 aromatic carbocycles. The van der Waals surface area contributed by atoms with Gasteiger partial charge in [0, 0.05) is 0 Å². The lowest BCUT2D eigenvalue weighted by atomic mass is 30.5. The van der Waals surface area contributed by atoms with Gasteiger partial charge in [-0.15, -0.1) is 0 Å². The monoisotopic (exact) mass is 355 g/mol. The summed E-state index contributed by atoms with van der Waals surface area (Å²) < 4.78 is -1.50.